The lowest BCUT2D eigenvalue weighted by Crippen LogP contribution is -2.31. The maximum atomic E-state index is 12.5. The Bertz CT molecular complexity index is 1060. The van der Waals surface area contributed by atoms with Gasteiger partial charge in [-0.15, -0.1) is 11.3 Å². The van der Waals surface area contributed by atoms with Crippen LogP contribution in [0.15, 0.2) is 15.0 Å². The molecule has 0 aromatic carbocycles. The zero-order valence-corrected chi connectivity index (χ0v) is 17.8. The van der Waals surface area contributed by atoms with Gasteiger partial charge >= 0.3 is 5.69 Å². The molecule has 0 fully saturated rings. The number of thiazole rings is 1. The number of aromatic amines is 1. The van der Waals surface area contributed by atoms with Gasteiger partial charge in [0.25, 0.3) is 5.56 Å². The van der Waals surface area contributed by atoms with Gasteiger partial charge in [-0.3, -0.25) is 19.2 Å². The second-order valence-corrected chi connectivity index (χ2v) is 7.91. The highest BCUT2D eigenvalue weighted by atomic mass is 32.1. The minimum atomic E-state index is -0.388. The number of rotatable bonds is 9. The molecule has 3 heterocycles. The maximum Gasteiger partial charge on any atom is 0.330 e. The molecule has 0 unspecified atom stereocenters. The molecule has 9 heteroatoms. The smallest absolute Gasteiger partial charge is 0.321 e. The second kappa shape index (κ2) is 8.83. The van der Waals surface area contributed by atoms with Gasteiger partial charge < -0.3 is 4.57 Å². The van der Waals surface area contributed by atoms with Crippen LogP contribution in [0.5, 0.6) is 0 Å². The van der Waals surface area contributed by atoms with Gasteiger partial charge in [0, 0.05) is 25.0 Å². The molecule has 3 aromatic heterocycles. The summed E-state index contributed by atoms with van der Waals surface area (Å²) >= 11 is 1.68. The van der Waals surface area contributed by atoms with E-state index in [1.807, 2.05) is 18.5 Å². The van der Waals surface area contributed by atoms with Crippen LogP contribution in [0.1, 0.15) is 50.1 Å². The molecule has 0 saturated carbocycles. The van der Waals surface area contributed by atoms with Gasteiger partial charge in [-0.25, -0.2) is 14.8 Å². The minimum Gasteiger partial charge on any atom is -0.321 e. The maximum absolute atomic E-state index is 12.5. The number of unbranched alkanes of at least 4 members (excludes halogenated alkanes) is 1. The van der Waals surface area contributed by atoms with Gasteiger partial charge in [-0.2, -0.15) is 0 Å². The summed E-state index contributed by atoms with van der Waals surface area (Å²) in [6, 6.07) is 0. The Kier molecular flexibility index (Phi) is 6.46. The van der Waals surface area contributed by atoms with Gasteiger partial charge in [0.05, 0.1) is 17.2 Å². The van der Waals surface area contributed by atoms with Crippen molar-refractivity contribution in [2.45, 2.75) is 66.2 Å². The number of nitrogens with zero attached hydrogens (tertiary/aromatic N) is 5. The van der Waals surface area contributed by atoms with Crippen LogP contribution in [0.2, 0.25) is 0 Å². The number of aryl methyl sites for hydroxylation is 3. The lowest BCUT2D eigenvalue weighted by atomic mass is 10.3. The normalized spacial score (nSPS) is 11.8. The van der Waals surface area contributed by atoms with Gasteiger partial charge in [-0.1, -0.05) is 20.3 Å². The highest BCUT2D eigenvalue weighted by molar-refractivity contribution is 7.09. The summed E-state index contributed by atoms with van der Waals surface area (Å²) in [5.41, 5.74) is 1.24. The Labute approximate surface area is 167 Å². The third-order valence-electron chi connectivity index (χ3n) is 4.76. The van der Waals surface area contributed by atoms with E-state index in [2.05, 4.69) is 34.1 Å². The molecule has 0 aliphatic carbocycles. The summed E-state index contributed by atoms with van der Waals surface area (Å²) in [6.07, 6.45) is 2.77. The first-order valence-electron chi connectivity index (χ1n) is 9.82. The van der Waals surface area contributed by atoms with Crippen LogP contribution >= 0.6 is 11.3 Å². The first kappa shape index (κ1) is 20.5. The van der Waals surface area contributed by atoms with Gasteiger partial charge in [0.15, 0.2) is 11.2 Å². The molecule has 0 radical (unpaired) electrons. The van der Waals surface area contributed by atoms with Crippen molar-refractivity contribution in [2.24, 2.45) is 0 Å². The Morgan fingerprint density at radius 2 is 1.93 bits per heavy atom. The average Bonchev–Trinajstić information content (AvgIpc) is 3.25. The number of aromatic nitrogens is 5. The Morgan fingerprint density at radius 3 is 2.57 bits per heavy atom. The summed E-state index contributed by atoms with van der Waals surface area (Å²) in [6.45, 7) is 8.61. The van der Waals surface area contributed by atoms with E-state index < -0.39 is 0 Å². The third-order valence-corrected chi connectivity index (χ3v) is 5.80. The molecule has 0 atom stereocenters. The van der Waals surface area contributed by atoms with Crippen molar-refractivity contribution in [1.82, 2.24) is 29.0 Å². The fourth-order valence-corrected chi connectivity index (χ4v) is 4.10. The molecular formula is C19H28N6O2S. The molecule has 0 spiro atoms. The number of imidazole rings is 1. The molecular weight excluding hydrogens is 376 g/mol. The van der Waals surface area contributed by atoms with Crippen molar-refractivity contribution in [3.8, 4) is 0 Å². The lowest BCUT2D eigenvalue weighted by molar-refractivity contribution is 0.303. The van der Waals surface area contributed by atoms with Crippen LogP contribution in [0.4, 0.5) is 0 Å². The molecule has 0 saturated heterocycles. The van der Waals surface area contributed by atoms with Gasteiger partial charge in [0.1, 0.15) is 5.82 Å². The SMILES string of the molecule is CCCCn1c(=O)[nH]c(=O)c2c1nc(CN(C)Cc1csc(CC)n1)n2CC. The summed E-state index contributed by atoms with van der Waals surface area (Å²) < 4.78 is 3.49. The van der Waals surface area contributed by atoms with Gasteiger partial charge in [-0.05, 0) is 26.8 Å². The molecule has 0 bridgehead atoms. The average molecular weight is 405 g/mol. The minimum absolute atomic E-state index is 0.372. The predicted octanol–water partition coefficient (Wildman–Crippen LogP) is 2.36. The van der Waals surface area contributed by atoms with E-state index in [9.17, 15) is 9.59 Å². The molecule has 152 valence electrons. The second-order valence-electron chi connectivity index (χ2n) is 6.97. The summed E-state index contributed by atoms with van der Waals surface area (Å²) in [5, 5.41) is 3.22. The zero-order valence-electron chi connectivity index (χ0n) is 17.0. The molecule has 1 N–H and O–H groups in total. The van der Waals surface area contributed by atoms with E-state index in [4.69, 9.17) is 4.98 Å². The molecule has 8 nitrogen and oxygen atoms in total. The number of fused-ring (bicyclic) bond motifs is 1. The Morgan fingerprint density at radius 1 is 1.14 bits per heavy atom. The van der Waals surface area contributed by atoms with Crippen molar-refractivity contribution in [1.29, 1.82) is 0 Å². The molecule has 3 rings (SSSR count). The topological polar surface area (TPSA) is 88.8 Å². The largest absolute Gasteiger partial charge is 0.330 e. The summed E-state index contributed by atoms with van der Waals surface area (Å²) in [5.74, 6) is 0.785. The predicted molar refractivity (Wildman–Crippen MR) is 112 cm³/mol. The highest BCUT2D eigenvalue weighted by Crippen LogP contribution is 2.16. The first-order valence-corrected chi connectivity index (χ1v) is 10.7. The van der Waals surface area contributed by atoms with Crippen molar-refractivity contribution in [3.63, 3.8) is 0 Å². The fourth-order valence-electron chi connectivity index (χ4n) is 3.36. The van der Waals surface area contributed by atoms with E-state index in [0.29, 0.717) is 37.3 Å². The highest BCUT2D eigenvalue weighted by Gasteiger charge is 2.18. The third kappa shape index (κ3) is 4.10. The molecule has 0 aliphatic heterocycles. The monoisotopic (exact) mass is 404 g/mol. The van der Waals surface area contributed by atoms with Crippen molar-refractivity contribution >= 4 is 22.5 Å². The zero-order chi connectivity index (χ0) is 20.3. The van der Waals surface area contributed by atoms with E-state index in [-0.39, 0.29) is 11.2 Å². The standard InChI is InChI=1S/C19H28N6O2S/c1-5-8-9-25-17-16(18(26)22-19(25)27)24(7-3)14(21-17)11-23(4)10-13-12-28-15(6-2)20-13/h12H,5-11H2,1-4H3,(H,22,26,27). The van der Waals surface area contributed by atoms with E-state index in [0.717, 1.165) is 35.8 Å². The van der Waals surface area contributed by atoms with Crippen molar-refractivity contribution in [3.05, 3.63) is 42.7 Å². The Hall–Kier alpha value is -2.26. The fraction of sp³-hybridized carbons (Fsp3) is 0.579. The van der Waals surface area contributed by atoms with E-state index in [1.54, 1.807) is 15.9 Å². The molecule has 3 aromatic rings. The van der Waals surface area contributed by atoms with Crippen molar-refractivity contribution < 1.29 is 0 Å². The molecule has 0 aliphatic rings. The molecule has 0 amide bonds. The Balaban J connectivity index is 1.95. The number of H-pyrrole nitrogens is 1. The van der Waals surface area contributed by atoms with Crippen LogP contribution < -0.4 is 11.2 Å². The number of nitrogens with one attached hydrogen (secondary N) is 1. The quantitative estimate of drug-likeness (QED) is 0.591. The van der Waals surface area contributed by atoms with Crippen LogP contribution in [-0.4, -0.2) is 36.0 Å². The summed E-state index contributed by atoms with van der Waals surface area (Å²) in [4.78, 5) is 38.7. The number of hydrogen-bond donors (Lipinski definition) is 1. The van der Waals surface area contributed by atoms with Crippen LogP contribution in [0.3, 0.4) is 0 Å². The van der Waals surface area contributed by atoms with Crippen LogP contribution in [-0.2, 0) is 32.6 Å². The van der Waals surface area contributed by atoms with Crippen LogP contribution in [0, 0.1) is 0 Å². The van der Waals surface area contributed by atoms with Crippen LogP contribution in [0.25, 0.3) is 11.2 Å². The lowest BCUT2D eigenvalue weighted by Gasteiger charge is -2.15. The van der Waals surface area contributed by atoms with E-state index in [1.165, 1.54) is 0 Å². The molecule has 28 heavy (non-hydrogen) atoms. The number of hydrogen-bond acceptors (Lipinski definition) is 6. The van der Waals surface area contributed by atoms with Crippen molar-refractivity contribution in [2.75, 3.05) is 7.05 Å². The first-order chi connectivity index (χ1) is 13.5. The van der Waals surface area contributed by atoms with E-state index >= 15 is 0 Å². The summed E-state index contributed by atoms with van der Waals surface area (Å²) in [7, 11) is 2.01. The van der Waals surface area contributed by atoms with Gasteiger partial charge in [0.2, 0.25) is 0 Å².